The van der Waals surface area contributed by atoms with Crippen LogP contribution in [-0.2, 0) is 19.1 Å². The van der Waals surface area contributed by atoms with E-state index >= 15 is 0 Å². The van der Waals surface area contributed by atoms with Crippen molar-refractivity contribution in [3.8, 4) is 0 Å². The third kappa shape index (κ3) is 4.50. The SMILES string of the molecule is CCOC(=O)C[Si]1(CC(=O)OCC)CCCC1. The fourth-order valence-corrected chi connectivity index (χ4v) is 7.09. The minimum absolute atomic E-state index is 0.134. The lowest BCUT2D eigenvalue weighted by molar-refractivity contribution is -0.140. The zero-order chi connectivity index (χ0) is 12.7. The van der Waals surface area contributed by atoms with Gasteiger partial charge < -0.3 is 9.47 Å². The van der Waals surface area contributed by atoms with Gasteiger partial charge in [-0.05, 0) is 13.8 Å². The van der Waals surface area contributed by atoms with Gasteiger partial charge in [0.1, 0.15) is 0 Å². The van der Waals surface area contributed by atoms with E-state index in [4.69, 9.17) is 9.47 Å². The van der Waals surface area contributed by atoms with Crippen LogP contribution in [0.2, 0.25) is 24.2 Å². The van der Waals surface area contributed by atoms with E-state index in [2.05, 4.69) is 0 Å². The van der Waals surface area contributed by atoms with Gasteiger partial charge in [0.25, 0.3) is 0 Å². The minimum atomic E-state index is -1.78. The molecule has 4 nitrogen and oxygen atoms in total. The van der Waals surface area contributed by atoms with E-state index in [1.165, 1.54) is 0 Å². The van der Waals surface area contributed by atoms with Gasteiger partial charge in [0.05, 0.1) is 21.3 Å². The van der Waals surface area contributed by atoms with Crippen molar-refractivity contribution in [3.63, 3.8) is 0 Å². The summed E-state index contributed by atoms with van der Waals surface area (Å²) in [5.41, 5.74) is 0. The van der Waals surface area contributed by atoms with Crippen LogP contribution in [0.3, 0.4) is 0 Å². The molecule has 1 fully saturated rings. The van der Waals surface area contributed by atoms with E-state index in [0.717, 1.165) is 24.9 Å². The van der Waals surface area contributed by atoms with Gasteiger partial charge in [-0.2, -0.15) is 0 Å². The number of esters is 2. The lowest BCUT2D eigenvalue weighted by Crippen LogP contribution is -2.36. The fraction of sp³-hybridized carbons (Fsp3) is 0.833. The molecule has 1 aliphatic rings. The molecule has 0 aromatic heterocycles. The van der Waals surface area contributed by atoms with E-state index in [9.17, 15) is 9.59 Å². The van der Waals surface area contributed by atoms with Crippen molar-refractivity contribution in [2.24, 2.45) is 0 Å². The lowest BCUT2D eigenvalue weighted by atomic mass is 10.4. The second kappa shape index (κ2) is 6.79. The summed E-state index contributed by atoms with van der Waals surface area (Å²) in [6.45, 7) is 4.46. The summed E-state index contributed by atoms with van der Waals surface area (Å²) in [6, 6.07) is 3.09. The van der Waals surface area contributed by atoms with Gasteiger partial charge in [0.2, 0.25) is 0 Å². The average Bonchev–Trinajstić information content (AvgIpc) is 2.66. The van der Waals surface area contributed by atoms with Crippen molar-refractivity contribution in [2.45, 2.75) is 50.9 Å². The van der Waals surface area contributed by atoms with Gasteiger partial charge >= 0.3 is 11.9 Å². The van der Waals surface area contributed by atoms with Crippen LogP contribution in [0.5, 0.6) is 0 Å². The monoisotopic (exact) mass is 258 g/mol. The predicted molar refractivity (Wildman–Crippen MR) is 67.5 cm³/mol. The van der Waals surface area contributed by atoms with Crippen LogP contribution >= 0.6 is 0 Å². The molecule has 0 atom stereocenters. The largest absolute Gasteiger partial charge is 0.466 e. The van der Waals surface area contributed by atoms with Gasteiger partial charge in [0, 0.05) is 12.1 Å². The van der Waals surface area contributed by atoms with Gasteiger partial charge in [-0.15, -0.1) is 0 Å². The molecule has 0 unspecified atom stereocenters. The smallest absolute Gasteiger partial charge is 0.303 e. The molecule has 0 aromatic rings. The highest BCUT2D eigenvalue weighted by molar-refractivity contribution is 6.84. The zero-order valence-corrected chi connectivity index (χ0v) is 11.8. The van der Waals surface area contributed by atoms with Crippen molar-refractivity contribution < 1.29 is 19.1 Å². The molecular formula is C12H22O4Si. The molecule has 17 heavy (non-hydrogen) atoms. The molecule has 1 heterocycles. The second-order valence-electron chi connectivity index (χ2n) is 4.67. The number of carbonyl (C=O) groups is 2. The van der Waals surface area contributed by atoms with Gasteiger partial charge in [-0.3, -0.25) is 9.59 Å². The van der Waals surface area contributed by atoms with Crippen LogP contribution in [0.1, 0.15) is 26.7 Å². The van der Waals surface area contributed by atoms with E-state index in [1.54, 1.807) is 0 Å². The molecule has 1 rings (SSSR count). The molecule has 98 valence electrons. The summed E-state index contributed by atoms with van der Waals surface area (Å²) in [7, 11) is -1.78. The molecule has 0 N–H and O–H groups in total. The first-order valence-corrected chi connectivity index (χ1v) is 9.26. The third-order valence-corrected chi connectivity index (χ3v) is 8.22. The molecule has 0 bridgehead atoms. The molecule has 0 amide bonds. The maximum absolute atomic E-state index is 11.6. The molecule has 0 aliphatic carbocycles. The summed E-state index contributed by atoms with van der Waals surface area (Å²) in [5.74, 6) is -0.268. The highest BCUT2D eigenvalue weighted by Gasteiger charge is 2.41. The Kier molecular flexibility index (Phi) is 5.68. The number of hydrogen-bond acceptors (Lipinski definition) is 4. The maximum Gasteiger partial charge on any atom is 0.303 e. The molecule has 0 saturated carbocycles. The second-order valence-corrected chi connectivity index (χ2v) is 9.38. The average molecular weight is 258 g/mol. The Hall–Kier alpha value is -0.843. The Balaban J connectivity index is 2.56. The van der Waals surface area contributed by atoms with Crippen molar-refractivity contribution in [2.75, 3.05) is 13.2 Å². The molecular weight excluding hydrogens is 236 g/mol. The number of ether oxygens (including phenoxy) is 2. The number of hydrogen-bond donors (Lipinski definition) is 0. The zero-order valence-electron chi connectivity index (χ0n) is 10.8. The van der Waals surface area contributed by atoms with E-state index < -0.39 is 8.07 Å². The Labute approximate surface area is 104 Å². The lowest BCUT2D eigenvalue weighted by Gasteiger charge is -2.24. The summed E-state index contributed by atoms with van der Waals surface area (Å²) >= 11 is 0. The number of carbonyl (C=O) groups excluding carboxylic acids is 2. The van der Waals surface area contributed by atoms with Crippen molar-refractivity contribution in [3.05, 3.63) is 0 Å². The first-order chi connectivity index (χ1) is 8.12. The Morgan fingerprint density at radius 1 is 0.941 bits per heavy atom. The first kappa shape index (κ1) is 14.2. The standard InChI is InChI=1S/C12H22O4Si/c1-3-15-11(13)9-17(7-5-6-8-17)10-12(14)16-4-2/h3-10H2,1-2H3. The van der Waals surface area contributed by atoms with Crippen LogP contribution in [0.15, 0.2) is 0 Å². The molecule has 0 spiro atoms. The van der Waals surface area contributed by atoms with Gasteiger partial charge in [-0.1, -0.05) is 24.9 Å². The van der Waals surface area contributed by atoms with Gasteiger partial charge in [0.15, 0.2) is 0 Å². The van der Waals surface area contributed by atoms with Crippen LogP contribution in [0.4, 0.5) is 0 Å². The highest BCUT2D eigenvalue weighted by Crippen LogP contribution is 2.37. The fourth-order valence-electron chi connectivity index (χ4n) is 2.58. The Morgan fingerprint density at radius 2 is 1.35 bits per heavy atom. The van der Waals surface area contributed by atoms with Crippen LogP contribution in [-0.4, -0.2) is 33.2 Å². The summed E-state index contributed by atoms with van der Waals surface area (Å²) < 4.78 is 10.0. The molecule has 1 saturated heterocycles. The van der Waals surface area contributed by atoms with E-state index in [-0.39, 0.29) is 11.9 Å². The Bertz CT molecular complexity index is 250. The molecule has 0 aromatic carbocycles. The van der Waals surface area contributed by atoms with E-state index in [1.807, 2.05) is 13.8 Å². The quantitative estimate of drug-likeness (QED) is 0.542. The molecule has 5 heteroatoms. The topological polar surface area (TPSA) is 52.6 Å². The maximum atomic E-state index is 11.6. The summed E-state index contributed by atoms with van der Waals surface area (Å²) in [4.78, 5) is 23.2. The van der Waals surface area contributed by atoms with Crippen molar-refractivity contribution >= 4 is 20.0 Å². The predicted octanol–water partition coefficient (Wildman–Crippen LogP) is 2.36. The van der Waals surface area contributed by atoms with Crippen LogP contribution in [0.25, 0.3) is 0 Å². The summed E-state index contributed by atoms with van der Waals surface area (Å²) in [5, 5.41) is 0. The third-order valence-electron chi connectivity index (χ3n) is 3.31. The van der Waals surface area contributed by atoms with E-state index in [0.29, 0.717) is 25.3 Å². The first-order valence-electron chi connectivity index (χ1n) is 6.43. The Morgan fingerprint density at radius 3 is 1.71 bits per heavy atom. The van der Waals surface area contributed by atoms with Crippen LogP contribution < -0.4 is 0 Å². The van der Waals surface area contributed by atoms with Gasteiger partial charge in [-0.25, -0.2) is 0 Å². The van der Waals surface area contributed by atoms with Crippen molar-refractivity contribution in [1.82, 2.24) is 0 Å². The summed E-state index contributed by atoms with van der Waals surface area (Å²) in [6.07, 6.45) is 2.29. The number of rotatable bonds is 6. The normalized spacial score (nSPS) is 17.8. The van der Waals surface area contributed by atoms with Crippen molar-refractivity contribution in [1.29, 1.82) is 0 Å². The molecule has 0 radical (unpaired) electrons. The van der Waals surface area contributed by atoms with Crippen LogP contribution in [0, 0.1) is 0 Å². The highest BCUT2D eigenvalue weighted by atomic mass is 28.3. The minimum Gasteiger partial charge on any atom is -0.466 e. The molecule has 1 aliphatic heterocycles.